The highest BCUT2D eigenvalue weighted by Crippen LogP contribution is 2.34. The molecule has 198 valence electrons. The molecule has 1 amide bonds. The molecule has 3 aliphatic heterocycles. The summed E-state index contributed by atoms with van der Waals surface area (Å²) in [5.41, 5.74) is 11.7. The van der Waals surface area contributed by atoms with Crippen molar-refractivity contribution in [1.82, 2.24) is 14.9 Å². The number of ether oxygens (including phenoxy) is 2. The van der Waals surface area contributed by atoms with Crippen LogP contribution in [-0.2, 0) is 29.0 Å². The van der Waals surface area contributed by atoms with Crippen molar-refractivity contribution in [3.8, 4) is 17.1 Å². The van der Waals surface area contributed by atoms with Crippen molar-refractivity contribution in [2.75, 3.05) is 43.5 Å². The van der Waals surface area contributed by atoms with Crippen molar-refractivity contribution in [3.63, 3.8) is 0 Å². The average molecular weight is 514 g/mol. The summed E-state index contributed by atoms with van der Waals surface area (Å²) in [7, 11) is 0. The predicted octanol–water partition coefficient (Wildman–Crippen LogP) is 4.22. The molecular formula is C30H35N5O3. The molecule has 0 atom stereocenters. The third-order valence-corrected chi connectivity index (χ3v) is 7.83. The van der Waals surface area contributed by atoms with Crippen LogP contribution in [0.4, 0.5) is 11.6 Å². The molecule has 4 heterocycles. The number of nitrogens with zero attached hydrogens (tertiary/aromatic N) is 4. The SMILES string of the molecule is Nc1nc(OCC2CCOCC2)nc2c1CC(=O)N2Cc1ccc(-c2cccc(CN3CCCC3)c2)cc1. The van der Waals surface area contributed by atoms with Crippen LogP contribution in [-0.4, -0.2) is 53.7 Å². The van der Waals surface area contributed by atoms with E-state index < -0.39 is 0 Å². The fourth-order valence-electron chi connectivity index (χ4n) is 5.59. The number of anilines is 2. The molecule has 38 heavy (non-hydrogen) atoms. The normalized spacial score (nSPS) is 18.2. The number of rotatable bonds is 8. The molecule has 8 heteroatoms. The number of carbonyl (C=O) groups excluding carboxylic acids is 1. The van der Waals surface area contributed by atoms with Gasteiger partial charge in [0.25, 0.3) is 0 Å². The van der Waals surface area contributed by atoms with Crippen LogP contribution in [0, 0.1) is 5.92 Å². The highest BCUT2D eigenvalue weighted by molar-refractivity contribution is 6.01. The highest BCUT2D eigenvalue weighted by Gasteiger charge is 2.32. The van der Waals surface area contributed by atoms with Crippen molar-refractivity contribution >= 4 is 17.5 Å². The minimum atomic E-state index is -0.0266. The van der Waals surface area contributed by atoms with Gasteiger partial charge in [-0.05, 0) is 73.0 Å². The van der Waals surface area contributed by atoms with Crippen LogP contribution in [0.3, 0.4) is 0 Å². The van der Waals surface area contributed by atoms with Gasteiger partial charge in [0, 0.05) is 25.3 Å². The molecule has 8 nitrogen and oxygen atoms in total. The lowest BCUT2D eigenvalue weighted by Gasteiger charge is -2.22. The highest BCUT2D eigenvalue weighted by atomic mass is 16.5. The number of aromatic nitrogens is 2. The number of hydrogen-bond donors (Lipinski definition) is 1. The smallest absolute Gasteiger partial charge is 0.320 e. The second-order valence-corrected chi connectivity index (χ2v) is 10.6. The fraction of sp³-hybridized carbons (Fsp3) is 0.433. The first-order chi connectivity index (χ1) is 18.6. The van der Waals surface area contributed by atoms with Gasteiger partial charge in [-0.1, -0.05) is 42.5 Å². The van der Waals surface area contributed by atoms with Crippen molar-refractivity contribution in [2.24, 2.45) is 5.92 Å². The van der Waals surface area contributed by atoms with Gasteiger partial charge in [-0.15, -0.1) is 0 Å². The Balaban J connectivity index is 1.14. The third-order valence-electron chi connectivity index (χ3n) is 7.83. The monoisotopic (exact) mass is 513 g/mol. The van der Waals surface area contributed by atoms with Gasteiger partial charge >= 0.3 is 6.01 Å². The van der Waals surface area contributed by atoms with Crippen LogP contribution < -0.4 is 15.4 Å². The minimum absolute atomic E-state index is 0.0266. The van der Waals surface area contributed by atoms with Crippen LogP contribution >= 0.6 is 0 Å². The summed E-state index contributed by atoms with van der Waals surface area (Å²) in [5, 5.41) is 0. The summed E-state index contributed by atoms with van der Waals surface area (Å²) in [4.78, 5) is 26.1. The molecule has 0 aliphatic carbocycles. The van der Waals surface area contributed by atoms with Gasteiger partial charge in [0.2, 0.25) is 5.91 Å². The number of nitrogen functional groups attached to an aromatic ring is 1. The second kappa shape index (κ2) is 11.1. The number of nitrogens with two attached hydrogens (primary N) is 1. The summed E-state index contributed by atoms with van der Waals surface area (Å²) >= 11 is 0. The quantitative estimate of drug-likeness (QED) is 0.482. The van der Waals surface area contributed by atoms with E-state index in [4.69, 9.17) is 15.2 Å². The summed E-state index contributed by atoms with van der Waals surface area (Å²) in [6, 6.07) is 17.4. The molecule has 1 aromatic heterocycles. The maximum absolute atomic E-state index is 12.9. The molecule has 2 N–H and O–H groups in total. The average Bonchev–Trinajstić information content (AvgIpc) is 3.57. The zero-order valence-corrected chi connectivity index (χ0v) is 21.8. The second-order valence-electron chi connectivity index (χ2n) is 10.6. The van der Waals surface area contributed by atoms with Gasteiger partial charge in [0.1, 0.15) is 11.6 Å². The zero-order valence-electron chi connectivity index (χ0n) is 21.8. The van der Waals surface area contributed by atoms with Crippen LogP contribution in [0.5, 0.6) is 6.01 Å². The molecule has 2 fully saturated rings. The van der Waals surface area contributed by atoms with E-state index in [0.717, 1.165) is 38.2 Å². The predicted molar refractivity (Wildman–Crippen MR) is 147 cm³/mol. The lowest BCUT2D eigenvalue weighted by Crippen LogP contribution is -2.27. The Labute approximate surface area is 223 Å². The van der Waals surface area contributed by atoms with E-state index in [0.29, 0.717) is 36.3 Å². The van der Waals surface area contributed by atoms with E-state index in [1.165, 1.54) is 42.6 Å². The molecule has 0 unspecified atom stereocenters. The molecule has 0 spiro atoms. The lowest BCUT2D eigenvalue weighted by atomic mass is 10.0. The maximum Gasteiger partial charge on any atom is 0.320 e. The van der Waals surface area contributed by atoms with Crippen LogP contribution in [0.2, 0.25) is 0 Å². The van der Waals surface area contributed by atoms with E-state index in [1.54, 1.807) is 4.90 Å². The summed E-state index contributed by atoms with van der Waals surface area (Å²) in [6.07, 6.45) is 4.74. The summed E-state index contributed by atoms with van der Waals surface area (Å²) in [5.74, 6) is 1.26. The Morgan fingerprint density at radius 3 is 2.53 bits per heavy atom. The van der Waals surface area contributed by atoms with Crippen molar-refractivity contribution in [2.45, 2.75) is 45.2 Å². The summed E-state index contributed by atoms with van der Waals surface area (Å²) in [6.45, 7) is 5.86. The van der Waals surface area contributed by atoms with E-state index in [-0.39, 0.29) is 18.3 Å². The number of carbonyl (C=O) groups is 1. The molecule has 3 aliphatic rings. The van der Waals surface area contributed by atoms with E-state index in [2.05, 4.69) is 63.4 Å². The molecule has 2 saturated heterocycles. The first-order valence-electron chi connectivity index (χ1n) is 13.7. The van der Waals surface area contributed by atoms with E-state index >= 15 is 0 Å². The van der Waals surface area contributed by atoms with E-state index in [9.17, 15) is 4.79 Å². The first-order valence-corrected chi connectivity index (χ1v) is 13.7. The zero-order chi connectivity index (χ0) is 25.9. The fourth-order valence-corrected chi connectivity index (χ4v) is 5.59. The number of benzene rings is 2. The summed E-state index contributed by atoms with van der Waals surface area (Å²) < 4.78 is 11.3. The molecule has 0 radical (unpaired) electrons. The van der Waals surface area contributed by atoms with Crippen molar-refractivity contribution in [1.29, 1.82) is 0 Å². The topological polar surface area (TPSA) is 93.8 Å². The Hall–Kier alpha value is -3.49. The van der Waals surface area contributed by atoms with Gasteiger partial charge in [0.15, 0.2) is 0 Å². The van der Waals surface area contributed by atoms with Gasteiger partial charge in [0.05, 0.1) is 19.6 Å². The molecular weight excluding hydrogens is 478 g/mol. The van der Waals surface area contributed by atoms with Crippen LogP contribution in [0.15, 0.2) is 48.5 Å². The van der Waals surface area contributed by atoms with Crippen molar-refractivity contribution in [3.05, 3.63) is 65.2 Å². The van der Waals surface area contributed by atoms with Gasteiger partial charge in [-0.3, -0.25) is 14.6 Å². The molecule has 2 aromatic carbocycles. The largest absolute Gasteiger partial charge is 0.463 e. The lowest BCUT2D eigenvalue weighted by molar-refractivity contribution is -0.117. The standard InChI is InChI=1S/C30H35N5O3/c31-28-26-17-27(36)35(29(26)33-30(32-28)38-20-22-10-14-37-15-11-22)19-21-6-8-24(9-7-21)25-5-3-4-23(16-25)18-34-12-1-2-13-34/h3-9,16,22H,1-2,10-15,17-20H2,(H2,31,32,33). The number of likely N-dealkylation sites (tertiary alicyclic amines) is 1. The Morgan fingerprint density at radius 2 is 1.74 bits per heavy atom. The Morgan fingerprint density at radius 1 is 0.947 bits per heavy atom. The molecule has 0 bridgehead atoms. The molecule has 3 aromatic rings. The number of hydrogen-bond acceptors (Lipinski definition) is 7. The number of amides is 1. The first kappa shape index (κ1) is 24.8. The van der Waals surface area contributed by atoms with E-state index in [1.807, 2.05) is 0 Å². The van der Waals surface area contributed by atoms with Crippen LogP contribution in [0.1, 0.15) is 42.4 Å². The molecule has 0 saturated carbocycles. The van der Waals surface area contributed by atoms with Gasteiger partial charge < -0.3 is 15.2 Å². The Bertz CT molecular complexity index is 1280. The number of fused-ring (bicyclic) bond motifs is 1. The Kier molecular flexibility index (Phi) is 7.25. The third kappa shape index (κ3) is 5.51. The van der Waals surface area contributed by atoms with Crippen molar-refractivity contribution < 1.29 is 14.3 Å². The van der Waals surface area contributed by atoms with Gasteiger partial charge in [-0.25, -0.2) is 0 Å². The minimum Gasteiger partial charge on any atom is -0.463 e. The van der Waals surface area contributed by atoms with Crippen LogP contribution in [0.25, 0.3) is 11.1 Å². The molecule has 6 rings (SSSR count). The maximum atomic E-state index is 12.9. The van der Waals surface area contributed by atoms with Gasteiger partial charge in [-0.2, -0.15) is 9.97 Å².